The van der Waals surface area contributed by atoms with Gasteiger partial charge in [-0.1, -0.05) is 6.07 Å². The molecule has 0 radical (unpaired) electrons. The minimum absolute atomic E-state index is 0.00326. The van der Waals surface area contributed by atoms with Crippen LogP contribution in [-0.2, 0) is 0 Å². The Morgan fingerprint density at radius 1 is 1.50 bits per heavy atom. The third kappa shape index (κ3) is 2.62. The van der Waals surface area contributed by atoms with E-state index in [1.807, 2.05) is 23.9 Å². The summed E-state index contributed by atoms with van der Waals surface area (Å²) in [5, 5.41) is 12.9. The van der Waals surface area contributed by atoms with Crippen molar-refractivity contribution in [3.63, 3.8) is 0 Å². The fourth-order valence-corrected chi connectivity index (χ4v) is 3.27. The molecule has 0 saturated carbocycles. The van der Waals surface area contributed by atoms with E-state index in [1.165, 1.54) is 12.2 Å². The minimum Gasteiger partial charge on any atom is -0.508 e. The van der Waals surface area contributed by atoms with Crippen molar-refractivity contribution in [3.8, 4) is 5.75 Å². The van der Waals surface area contributed by atoms with Gasteiger partial charge in [-0.05, 0) is 30.7 Å². The van der Waals surface area contributed by atoms with E-state index in [4.69, 9.17) is 5.73 Å². The summed E-state index contributed by atoms with van der Waals surface area (Å²) in [5.41, 5.74) is 6.83. The maximum atomic E-state index is 9.42. The fourth-order valence-electron chi connectivity index (χ4n) is 2.05. The topological polar surface area (TPSA) is 58.3 Å². The number of anilines is 1. The van der Waals surface area contributed by atoms with Crippen LogP contribution in [0.1, 0.15) is 12.8 Å². The van der Waals surface area contributed by atoms with Crippen molar-refractivity contribution >= 4 is 17.4 Å². The van der Waals surface area contributed by atoms with Crippen molar-refractivity contribution in [2.45, 2.75) is 18.4 Å². The molecule has 1 aliphatic heterocycles. The first kappa shape index (κ1) is 11.6. The zero-order chi connectivity index (χ0) is 11.4. The van der Waals surface area contributed by atoms with Gasteiger partial charge in [0.25, 0.3) is 0 Å². The van der Waals surface area contributed by atoms with E-state index in [0.717, 1.165) is 17.9 Å². The fraction of sp³-hybridized carbons (Fsp3) is 0.500. The predicted octanol–water partition coefficient (Wildman–Crippen LogP) is 2.03. The zero-order valence-electron chi connectivity index (χ0n) is 9.28. The van der Waals surface area contributed by atoms with Gasteiger partial charge < -0.3 is 16.2 Å². The summed E-state index contributed by atoms with van der Waals surface area (Å²) in [7, 11) is 0. The maximum Gasteiger partial charge on any atom is 0.117 e. The molecule has 0 spiro atoms. The Bertz CT molecular complexity index is 351. The number of rotatable bonds is 3. The molecule has 4 N–H and O–H groups in total. The number of thioether (sulfide) groups is 1. The Morgan fingerprint density at radius 3 is 3.00 bits per heavy atom. The van der Waals surface area contributed by atoms with Crippen LogP contribution in [0, 0.1) is 0 Å². The van der Waals surface area contributed by atoms with Gasteiger partial charge in [0.1, 0.15) is 5.75 Å². The Hall–Kier alpha value is -0.870. The van der Waals surface area contributed by atoms with Gasteiger partial charge in [0.15, 0.2) is 0 Å². The third-order valence-electron chi connectivity index (χ3n) is 2.97. The molecule has 4 heteroatoms. The van der Waals surface area contributed by atoms with E-state index in [0.29, 0.717) is 12.3 Å². The number of hydrogen-bond donors (Lipinski definition) is 3. The summed E-state index contributed by atoms with van der Waals surface area (Å²) < 4.78 is 0. The van der Waals surface area contributed by atoms with Gasteiger partial charge >= 0.3 is 0 Å². The minimum atomic E-state index is -0.00326. The molecule has 16 heavy (non-hydrogen) atoms. The van der Waals surface area contributed by atoms with E-state index in [-0.39, 0.29) is 5.54 Å². The number of aromatic hydroxyl groups is 1. The molecule has 1 unspecified atom stereocenters. The number of nitrogens with one attached hydrogen (secondary N) is 1. The molecule has 0 bridgehead atoms. The SMILES string of the molecule is NCC1(Nc2cccc(O)c2)CCCSC1. The Balaban J connectivity index is 2.11. The molecule has 1 fully saturated rings. The normalized spacial score (nSPS) is 25.3. The smallest absolute Gasteiger partial charge is 0.117 e. The second-order valence-corrected chi connectivity index (χ2v) is 5.42. The average Bonchev–Trinajstić information content (AvgIpc) is 2.30. The standard InChI is InChI=1S/C12H18N2OS/c13-8-12(5-2-6-16-9-12)14-10-3-1-4-11(15)7-10/h1,3-4,7,14-15H,2,5-6,8-9,13H2. The monoisotopic (exact) mass is 238 g/mol. The van der Waals surface area contributed by atoms with Gasteiger partial charge in [0, 0.05) is 24.1 Å². The summed E-state index contributed by atoms with van der Waals surface area (Å²) in [6.45, 7) is 0.635. The maximum absolute atomic E-state index is 9.42. The molecule has 1 heterocycles. The first-order valence-electron chi connectivity index (χ1n) is 5.59. The lowest BCUT2D eigenvalue weighted by molar-refractivity contribution is 0.469. The number of nitrogens with two attached hydrogens (primary N) is 1. The van der Waals surface area contributed by atoms with Gasteiger partial charge in [0.2, 0.25) is 0 Å². The molecule has 1 aromatic carbocycles. The molecule has 3 nitrogen and oxygen atoms in total. The second-order valence-electron chi connectivity index (χ2n) is 4.32. The molecule has 0 amide bonds. The van der Waals surface area contributed by atoms with Crippen molar-refractivity contribution < 1.29 is 5.11 Å². The summed E-state index contributed by atoms with van der Waals surface area (Å²) in [5.74, 6) is 2.56. The summed E-state index contributed by atoms with van der Waals surface area (Å²) >= 11 is 1.94. The van der Waals surface area contributed by atoms with Crippen LogP contribution < -0.4 is 11.1 Å². The van der Waals surface area contributed by atoms with Crippen LogP contribution in [0.4, 0.5) is 5.69 Å². The molecular weight excluding hydrogens is 220 g/mol. The van der Waals surface area contributed by atoms with Crippen molar-refractivity contribution in [2.24, 2.45) is 5.73 Å². The van der Waals surface area contributed by atoms with Crippen LogP contribution >= 0.6 is 11.8 Å². The molecule has 1 aromatic rings. The Morgan fingerprint density at radius 2 is 2.38 bits per heavy atom. The van der Waals surface area contributed by atoms with Gasteiger partial charge in [-0.25, -0.2) is 0 Å². The third-order valence-corrected chi connectivity index (χ3v) is 4.30. The quantitative estimate of drug-likeness (QED) is 0.754. The highest BCUT2D eigenvalue weighted by Gasteiger charge is 2.30. The van der Waals surface area contributed by atoms with Crippen LogP contribution in [0.5, 0.6) is 5.75 Å². The number of benzene rings is 1. The molecular formula is C12H18N2OS. The number of hydrogen-bond acceptors (Lipinski definition) is 4. The van der Waals surface area contributed by atoms with Crippen LogP contribution in [0.15, 0.2) is 24.3 Å². The van der Waals surface area contributed by atoms with E-state index in [2.05, 4.69) is 5.32 Å². The van der Waals surface area contributed by atoms with Crippen LogP contribution in [0.25, 0.3) is 0 Å². The van der Waals surface area contributed by atoms with Crippen LogP contribution in [0.3, 0.4) is 0 Å². The summed E-state index contributed by atoms with van der Waals surface area (Å²) in [4.78, 5) is 0. The molecule has 2 rings (SSSR count). The van der Waals surface area contributed by atoms with Crippen molar-refractivity contribution in [3.05, 3.63) is 24.3 Å². The molecule has 0 aliphatic carbocycles. The lowest BCUT2D eigenvalue weighted by atomic mass is 9.95. The van der Waals surface area contributed by atoms with E-state index in [9.17, 15) is 5.11 Å². The van der Waals surface area contributed by atoms with Crippen molar-refractivity contribution in [1.29, 1.82) is 0 Å². The first-order chi connectivity index (χ1) is 7.74. The van der Waals surface area contributed by atoms with Gasteiger partial charge in [-0.2, -0.15) is 11.8 Å². The van der Waals surface area contributed by atoms with Crippen molar-refractivity contribution in [1.82, 2.24) is 0 Å². The second kappa shape index (κ2) is 4.97. The predicted molar refractivity (Wildman–Crippen MR) is 70.1 cm³/mol. The zero-order valence-corrected chi connectivity index (χ0v) is 10.1. The summed E-state index contributed by atoms with van der Waals surface area (Å²) in [6, 6.07) is 7.24. The largest absolute Gasteiger partial charge is 0.508 e. The van der Waals surface area contributed by atoms with Crippen molar-refractivity contribution in [2.75, 3.05) is 23.4 Å². The van der Waals surface area contributed by atoms with Gasteiger partial charge in [-0.3, -0.25) is 0 Å². The van der Waals surface area contributed by atoms with Gasteiger partial charge in [-0.15, -0.1) is 0 Å². The van der Waals surface area contributed by atoms with Crippen LogP contribution in [0.2, 0.25) is 0 Å². The highest BCUT2D eigenvalue weighted by Crippen LogP contribution is 2.30. The lowest BCUT2D eigenvalue weighted by Gasteiger charge is -2.37. The number of phenols is 1. The molecule has 1 saturated heterocycles. The van der Waals surface area contributed by atoms with Gasteiger partial charge in [0.05, 0.1) is 5.54 Å². The molecule has 88 valence electrons. The highest BCUT2D eigenvalue weighted by atomic mass is 32.2. The van der Waals surface area contributed by atoms with Crippen LogP contribution in [-0.4, -0.2) is 28.7 Å². The van der Waals surface area contributed by atoms with E-state index >= 15 is 0 Å². The average molecular weight is 238 g/mol. The Kier molecular flexibility index (Phi) is 3.61. The number of phenolic OH excluding ortho intramolecular Hbond substituents is 1. The highest BCUT2D eigenvalue weighted by molar-refractivity contribution is 7.99. The molecule has 1 aliphatic rings. The Labute approximate surface area is 100 Å². The first-order valence-corrected chi connectivity index (χ1v) is 6.75. The molecule has 0 aromatic heterocycles. The van der Waals surface area contributed by atoms with E-state index in [1.54, 1.807) is 12.1 Å². The lowest BCUT2D eigenvalue weighted by Crippen LogP contribution is -2.49. The molecule has 1 atom stereocenters. The summed E-state index contributed by atoms with van der Waals surface area (Å²) in [6.07, 6.45) is 2.31. The van der Waals surface area contributed by atoms with E-state index < -0.39 is 0 Å².